The van der Waals surface area contributed by atoms with E-state index in [1.54, 1.807) is 12.1 Å². The highest BCUT2D eigenvalue weighted by atomic mass is 19.1. The van der Waals surface area contributed by atoms with Gasteiger partial charge in [-0.2, -0.15) is 0 Å². The average molecular weight is 297 g/mol. The number of nitrogens with zero attached hydrogens (tertiary/aromatic N) is 1. The number of morpholine rings is 1. The van der Waals surface area contributed by atoms with E-state index in [1.807, 2.05) is 18.7 Å². The number of halogens is 1. The minimum absolute atomic E-state index is 0.0542. The summed E-state index contributed by atoms with van der Waals surface area (Å²) in [5, 5.41) is 0. The first kappa shape index (κ1) is 16.0. The largest absolute Gasteiger partial charge is 0.396 e. The van der Waals surface area contributed by atoms with Gasteiger partial charge in [0.05, 0.1) is 37.3 Å². The van der Waals surface area contributed by atoms with Gasteiger partial charge >= 0.3 is 0 Å². The molecule has 0 spiro atoms. The zero-order chi connectivity index (χ0) is 15.4. The van der Waals surface area contributed by atoms with Gasteiger partial charge in [0.15, 0.2) is 5.82 Å². The Kier molecular flexibility index (Phi) is 5.39. The topological polar surface area (TPSA) is 73.7 Å². The lowest BCUT2D eigenvalue weighted by molar-refractivity contribution is 0.0398. The number of hydrogen-bond acceptors (Lipinski definition) is 5. The van der Waals surface area contributed by atoms with Crippen LogP contribution in [-0.2, 0) is 16.1 Å². The van der Waals surface area contributed by atoms with Crippen LogP contribution in [0.5, 0.6) is 0 Å². The van der Waals surface area contributed by atoms with E-state index in [4.69, 9.17) is 20.9 Å². The first-order chi connectivity index (χ1) is 9.99. The fraction of sp³-hybridized carbons (Fsp3) is 0.600. The van der Waals surface area contributed by atoms with E-state index >= 15 is 0 Å². The van der Waals surface area contributed by atoms with Gasteiger partial charge in [0.2, 0.25) is 0 Å². The molecule has 4 N–H and O–H groups in total. The van der Waals surface area contributed by atoms with Crippen molar-refractivity contribution in [3.8, 4) is 0 Å². The molecule has 0 radical (unpaired) electrons. The van der Waals surface area contributed by atoms with Crippen molar-refractivity contribution in [1.82, 2.24) is 0 Å². The average Bonchev–Trinajstić information content (AvgIpc) is 2.48. The molecule has 6 heteroatoms. The van der Waals surface area contributed by atoms with Crippen LogP contribution in [0.15, 0.2) is 12.1 Å². The standard InChI is InChI=1S/C15H24FN3O2/c1-10(17)11(2)21-9-12-7-13(18)15(16)14(8-12)19-3-5-20-6-4-19/h7-8,10-11H,3-6,9,17-18H2,1-2H3/t10-,11-/m1/s1. The third kappa shape index (κ3) is 4.06. The van der Waals surface area contributed by atoms with E-state index in [2.05, 4.69) is 0 Å². The Morgan fingerprint density at radius 3 is 2.62 bits per heavy atom. The molecule has 0 aliphatic carbocycles. The Hall–Kier alpha value is -1.37. The molecular formula is C15H24FN3O2. The second kappa shape index (κ2) is 7.06. The van der Waals surface area contributed by atoms with E-state index in [0.717, 1.165) is 5.56 Å². The van der Waals surface area contributed by atoms with Crippen LogP contribution in [0.4, 0.5) is 15.8 Å². The van der Waals surface area contributed by atoms with Crippen LogP contribution >= 0.6 is 0 Å². The maximum Gasteiger partial charge on any atom is 0.169 e. The van der Waals surface area contributed by atoms with E-state index < -0.39 is 0 Å². The molecule has 1 aliphatic rings. The molecule has 1 fully saturated rings. The number of hydrogen-bond donors (Lipinski definition) is 2. The minimum atomic E-state index is -0.374. The van der Waals surface area contributed by atoms with E-state index in [0.29, 0.717) is 38.6 Å². The summed E-state index contributed by atoms with van der Waals surface area (Å²) >= 11 is 0. The maximum atomic E-state index is 14.2. The Bertz CT molecular complexity index is 476. The van der Waals surface area contributed by atoms with Crippen LogP contribution in [0.2, 0.25) is 0 Å². The second-order valence-corrected chi connectivity index (χ2v) is 5.49. The first-order valence-corrected chi connectivity index (χ1v) is 7.27. The fourth-order valence-electron chi connectivity index (χ4n) is 2.19. The van der Waals surface area contributed by atoms with Crippen LogP contribution < -0.4 is 16.4 Å². The summed E-state index contributed by atoms with van der Waals surface area (Å²) in [7, 11) is 0. The molecule has 1 aliphatic heterocycles. The molecule has 1 heterocycles. The van der Waals surface area contributed by atoms with Gasteiger partial charge in [-0.3, -0.25) is 0 Å². The first-order valence-electron chi connectivity index (χ1n) is 7.27. The molecule has 0 bridgehead atoms. The Balaban J connectivity index is 2.13. The van der Waals surface area contributed by atoms with Crippen molar-refractivity contribution in [2.45, 2.75) is 32.6 Å². The quantitative estimate of drug-likeness (QED) is 0.806. The molecule has 21 heavy (non-hydrogen) atoms. The lowest BCUT2D eigenvalue weighted by Gasteiger charge is -2.30. The predicted octanol–water partition coefficient (Wildman–Crippen LogP) is 1.50. The third-order valence-corrected chi connectivity index (χ3v) is 3.75. The second-order valence-electron chi connectivity index (χ2n) is 5.49. The highest BCUT2D eigenvalue weighted by Gasteiger charge is 2.18. The van der Waals surface area contributed by atoms with Crippen LogP contribution in [-0.4, -0.2) is 38.4 Å². The van der Waals surface area contributed by atoms with Crippen LogP contribution in [0.3, 0.4) is 0 Å². The van der Waals surface area contributed by atoms with Crippen molar-refractivity contribution in [2.75, 3.05) is 36.9 Å². The SMILES string of the molecule is C[C@@H](N)[C@@H](C)OCc1cc(N)c(F)c(N2CCOCC2)c1. The molecule has 0 aromatic heterocycles. The van der Waals surface area contributed by atoms with Gasteiger partial charge in [0.25, 0.3) is 0 Å². The number of nitrogens with two attached hydrogens (primary N) is 2. The van der Waals surface area contributed by atoms with E-state index in [9.17, 15) is 4.39 Å². The van der Waals surface area contributed by atoms with Gasteiger partial charge in [-0.25, -0.2) is 4.39 Å². The molecule has 5 nitrogen and oxygen atoms in total. The highest BCUT2D eigenvalue weighted by Crippen LogP contribution is 2.27. The Labute approximate surface area is 125 Å². The lowest BCUT2D eigenvalue weighted by atomic mass is 10.1. The zero-order valence-corrected chi connectivity index (χ0v) is 12.6. The van der Waals surface area contributed by atoms with Crippen molar-refractivity contribution in [3.05, 3.63) is 23.5 Å². The van der Waals surface area contributed by atoms with Gasteiger partial charge in [-0.05, 0) is 31.5 Å². The summed E-state index contributed by atoms with van der Waals surface area (Å²) in [4.78, 5) is 1.95. The molecule has 1 saturated heterocycles. The van der Waals surface area contributed by atoms with Crippen LogP contribution in [0.25, 0.3) is 0 Å². The summed E-state index contributed by atoms with van der Waals surface area (Å²) < 4.78 is 25.2. The zero-order valence-electron chi connectivity index (χ0n) is 12.6. The van der Waals surface area contributed by atoms with Gasteiger partial charge in [0, 0.05) is 19.1 Å². The van der Waals surface area contributed by atoms with Crippen LogP contribution in [0, 0.1) is 5.82 Å². The summed E-state index contributed by atoms with van der Waals surface area (Å²) in [5.74, 6) is -0.374. The van der Waals surface area contributed by atoms with Gasteiger partial charge in [-0.15, -0.1) is 0 Å². The third-order valence-electron chi connectivity index (χ3n) is 3.75. The normalized spacial score (nSPS) is 18.6. The monoisotopic (exact) mass is 297 g/mol. The molecule has 1 aromatic carbocycles. The minimum Gasteiger partial charge on any atom is -0.396 e. The van der Waals surface area contributed by atoms with Crippen molar-refractivity contribution in [3.63, 3.8) is 0 Å². The number of benzene rings is 1. The Morgan fingerprint density at radius 1 is 1.33 bits per heavy atom. The summed E-state index contributed by atoms with van der Waals surface area (Å²) in [6, 6.07) is 3.36. The van der Waals surface area contributed by atoms with E-state index in [1.165, 1.54) is 0 Å². The smallest absolute Gasteiger partial charge is 0.169 e. The molecule has 0 saturated carbocycles. The molecule has 118 valence electrons. The predicted molar refractivity (Wildman–Crippen MR) is 81.7 cm³/mol. The van der Waals surface area contributed by atoms with Crippen LogP contribution in [0.1, 0.15) is 19.4 Å². The number of anilines is 2. The molecule has 0 unspecified atom stereocenters. The molecule has 1 aromatic rings. The van der Waals surface area contributed by atoms with Gasteiger partial charge < -0.3 is 25.8 Å². The highest BCUT2D eigenvalue weighted by molar-refractivity contribution is 5.60. The van der Waals surface area contributed by atoms with Crippen molar-refractivity contribution in [2.24, 2.45) is 5.73 Å². The molecule has 2 atom stereocenters. The lowest BCUT2D eigenvalue weighted by Crippen LogP contribution is -2.37. The molecule has 0 amide bonds. The molecular weight excluding hydrogens is 273 g/mol. The number of ether oxygens (including phenoxy) is 2. The van der Waals surface area contributed by atoms with Crippen molar-refractivity contribution in [1.29, 1.82) is 0 Å². The number of rotatable bonds is 5. The summed E-state index contributed by atoms with van der Waals surface area (Å²) in [6.07, 6.45) is -0.0666. The fourth-order valence-corrected chi connectivity index (χ4v) is 2.19. The van der Waals surface area contributed by atoms with Crippen molar-refractivity contribution >= 4 is 11.4 Å². The van der Waals surface area contributed by atoms with Crippen molar-refractivity contribution < 1.29 is 13.9 Å². The summed E-state index contributed by atoms with van der Waals surface area (Å²) in [6.45, 7) is 6.70. The molecule has 2 rings (SSSR count). The summed E-state index contributed by atoms with van der Waals surface area (Å²) in [5.41, 5.74) is 13.1. The van der Waals surface area contributed by atoms with Gasteiger partial charge in [-0.1, -0.05) is 0 Å². The Morgan fingerprint density at radius 2 is 2.00 bits per heavy atom. The maximum absolute atomic E-state index is 14.2. The van der Waals surface area contributed by atoms with Gasteiger partial charge in [0.1, 0.15) is 0 Å². The van der Waals surface area contributed by atoms with E-state index in [-0.39, 0.29) is 23.7 Å². The number of nitrogen functional groups attached to an aromatic ring is 1.